The minimum atomic E-state index is 0.115. The van der Waals surface area contributed by atoms with Gasteiger partial charge in [-0.3, -0.25) is 0 Å². The van der Waals surface area contributed by atoms with Crippen LogP contribution in [-0.2, 0) is 25.7 Å². The summed E-state index contributed by atoms with van der Waals surface area (Å²) < 4.78 is 25.0. The number of anilines is 8. The number of hydrogen-bond donors (Lipinski definition) is 6. The van der Waals surface area contributed by atoms with Crippen LogP contribution in [0.15, 0.2) is 60.7 Å². The molecule has 0 saturated carbocycles. The van der Waals surface area contributed by atoms with Gasteiger partial charge in [0.25, 0.3) is 0 Å². The molecule has 0 fully saturated rings. The number of fused-ring (bicyclic) bond motifs is 8. The van der Waals surface area contributed by atoms with Gasteiger partial charge in [-0.1, -0.05) is 63.1 Å². The SMILES string of the molecule is CCCCNc1nc(N)nc(Nc2cc3c(OC)c(c2)Cc2cccc(c2OC)Cc2cc(Nc4nc(N)nc(NCCCC)n4)cc(c2OC)Cc2cccc(c2OC)C3)n1. The molecular formula is C46H56N12O4. The highest BCUT2D eigenvalue weighted by atomic mass is 16.5. The van der Waals surface area contributed by atoms with E-state index in [1.165, 1.54) is 0 Å². The molecule has 62 heavy (non-hydrogen) atoms. The zero-order valence-corrected chi connectivity index (χ0v) is 36.3. The summed E-state index contributed by atoms with van der Waals surface area (Å²) in [5, 5.41) is 13.3. The van der Waals surface area contributed by atoms with Gasteiger partial charge in [-0.2, -0.15) is 29.9 Å². The Bertz CT molecular complexity index is 2250. The number of rotatable bonds is 16. The maximum Gasteiger partial charge on any atom is 0.233 e. The first-order chi connectivity index (χ1) is 30.2. The minimum Gasteiger partial charge on any atom is -0.496 e. The number of nitrogens with two attached hydrogens (primary N) is 2. The summed E-state index contributed by atoms with van der Waals surface area (Å²) in [7, 11) is 6.82. The number of nitrogen functional groups attached to an aromatic ring is 2. The van der Waals surface area contributed by atoms with Gasteiger partial charge >= 0.3 is 0 Å². The average Bonchev–Trinajstić information content (AvgIpc) is 3.23. The summed E-state index contributed by atoms with van der Waals surface area (Å²) in [4.78, 5) is 26.7. The first-order valence-corrected chi connectivity index (χ1v) is 21.0. The highest BCUT2D eigenvalue weighted by Gasteiger charge is 2.23. The third-order valence-corrected chi connectivity index (χ3v) is 10.6. The molecule has 16 nitrogen and oxygen atoms in total. The molecule has 16 heteroatoms. The smallest absolute Gasteiger partial charge is 0.233 e. The van der Waals surface area contributed by atoms with E-state index in [1.54, 1.807) is 28.4 Å². The molecule has 0 unspecified atom stereocenters. The number of nitrogens with one attached hydrogen (secondary N) is 4. The van der Waals surface area contributed by atoms with E-state index in [9.17, 15) is 0 Å². The Labute approximate surface area is 362 Å². The van der Waals surface area contributed by atoms with E-state index in [4.69, 9.17) is 30.4 Å². The van der Waals surface area contributed by atoms with Crippen LogP contribution in [-0.4, -0.2) is 71.4 Å². The summed E-state index contributed by atoms with van der Waals surface area (Å²) in [6.07, 6.45) is 5.98. The van der Waals surface area contributed by atoms with E-state index >= 15 is 0 Å². The second-order valence-corrected chi connectivity index (χ2v) is 15.1. The summed E-state index contributed by atoms with van der Waals surface area (Å²) in [5.74, 6) is 4.74. The van der Waals surface area contributed by atoms with E-state index in [0.29, 0.717) is 49.5 Å². The number of nitrogens with zero attached hydrogens (tertiary/aromatic N) is 6. The van der Waals surface area contributed by atoms with Crippen molar-refractivity contribution in [1.82, 2.24) is 29.9 Å². The van der Waals surface area contributed by atoms with Crippen LogP contribution in [0.1, 0.15) is 84.0 Å². The molecule has 8 bridgehead atoms. The van der Waals surface area contributed by atoms with Gasteiger partial charge in [-0.25, -0.2) is 0 Å². The van der Waals surface area contributed by atoms with Gasteiger partial charge in [0, 0.05) is 72.4 Å². The summed E-state index contributed by atoms with van der Waals surface area (Å²) in [5.41, 5.74) is 21.5. The van der Waals surface area contributed by atoms with Crippen molar-refractivity contribution in [3.63, 3.8) is 0 Å². The zero-order chi connectivity index (χ0) is 43.6. The predicted octanol–water partition coefficient (Wildman–Crippen LogP) is 7.84. The second-order valence-electron chi connectivity index (χ2n) is 15.1. The largest absolute Gasteiger partial charge is 0.496 e. The van der Waals surface area contributed by atoms with Crippen LogP contribution in [0.2, 0.25) is 0 Å². The van der Waals surface area contributed by atoms with Gasteiger partial charge in [0.1, 0.15) is 23.0 Å². The summed E-state index contributed by atoms with van der Waals surface area (Å²) in [6, 6.07) is 20.6. The Hall–Kier alpha value is -7.10. The Kier molecular flexibility index (Phi) is 13.9. The number of aromatic nitrogens is 6. The fourth-order valence-corrected chi connectivity index (χ4v) is 7.95. The van der Waals surface area contributed by atoms with E-state index < -0.39 is 0 Å². The van der Waals surface area contributed by atoms with Crippen molar-refractivity contribution in [3.8, 4) is 23.0 Å². The Morgan fingerprint density at radius 1 is 0.452 bits per heavy atom. The van der Waals surface area contributed by atoms with Gasteiger partial charge in [0.15, 0.2) is 0 Å². The Balaban J connectivity index is 1.36. The first kappa shape index (κ1) is 43.0. The van der Waals surface area contributed by atoms with Crippen LogP contribution in [0.5, 0.6) is 23.0 Å². The van der Waals surface area contributed by atoms with Crippen molar-refractivity contribution in [1.29, 1.82) is 0 Å². The van der Waals surface area contributed by atoms with E-state index in [1.807, 2.05) is 0 Å². The molecule has 0 amide bonds. The molecule has 8 N–H and O–H groups in total. The predicted molar refractivity (Wildman–Crippen MR) is 245 cm³/mol. The van der Waals surface area contributed by atoms with Crippen LogP contribution >= 0.6 is 0 Å². The van der Waals surface area contributed by atoms with Gasteiger partial charge in [0.2, 0.25) is 35.7 Å². The topological polar surface area (TPSA) is 214 Å². The molecule has 0 atom stereocenters. The van der Waals surface area contributed by atoms with Gasteiger partial charge in [0.05, 0.1) is 28.4 Å². The maximum atomic E-state index is 6.25. The number of benzene rings is 4. The number of hydrogen-bond acceptors (Lipinski definition) is 16. The molecule has 2 aromatic heterocycles. The molecule has 0 radical (unpaired) electrons. The molecule has 1 aliphatic rings. The highest BCUT2D eigenvalue weighted by molar-refractivity contribution is 5.66. The molecule has 2 heterocycles. The highest BCUT2D eigenvalue weighted by Crippen LogP contribution is 2.41. The van der Waals surface area contributed by atoms with Crippen LogP contribution in [0.25, 0.3) is 0 Å². The van der Waals surface area contributed by atoms with Crippen molar-refractivity contribution in [2.75, 3.05) is 74.3 Å². The van der Waals surface area contributed by atoms with Crippen molar-refractivity contribution < 1.29 is 18.9 Å². The summed E-state index contributed by atoms with van der Waals surface area (Å²) in [6.45, 7) is 5.71. The number of unbranched alkanes of at least 4 members (excludes halogenated alkanes) is 2. The van der Waals surface area contributed by atoms with Crippen LogP contribution in [0, 0.1) is 0 Å². The lowest BCUT2D eigenvalue weighted by Gasteiger charge is -2.22. The van der Waals surface area contributed by atoms with Gasteiger partial charge < -0.3 is 51.7 Å². The lowest BCUT2D eigenvalue weighted by atomic mass is 9.90. The van der Waals surface area contributed by atoms with E-state index in [0.717, 1.165) is 118 Å². The average molecular weight is 841 g/mol. The van der Waals surface area contributed by atoms with Crippen molar-refractivity contribution in [3.05, 3.63) is 105 Å². The van der Waals surface area contributed by atoms with Crippen molar-refractivity contribution in [2.24, 2.45) is 0 Å². The monoisotopic (exact) mass is 840 g/mol. The minimum absolute atomic E-state index is 0.115. The molecule has 324 valence electrons. The Morgan fingerprint density at radius 3 is 1.06 bits per heavy atom. The third-order valence-electron chi connectivity index (χ3n) is 10.6. The number of methoxy groups -OCH3 is 4. The van der Waals surface area contributed by atoms with E-state index in [-0.39, 0.29) is 11.9 Å². The fourth-order valence-electron chi connectivity index (χ4n) is 7.95. The number of para-hydroxylation sites is 2. The van der Waals surface area contributed by atoms with Crippen molar-refractivity contribution in [2.45, 2.75) is 65.2 Å². The lowest BCUT2D eigenvalue weighted by molar-refractivity contribution is 0.396. The normalized spacial score (nSPS) is 12.0. The van der Waals surface area contributed by atoms with Crippen LogP contribution < -0.4 is 51.7 Å². The Morgan fingerprint density at radius 2 is 0.758 bits per heavy atom. The molecule has 0 saturated heterocycles. The molecule has 0 spiro atoms. The molecule has 0 aliphatic heterocycles. The van der Waals surface area contributed by atoms with Crippen molar-refractivity contribution >= 4 is 47.1 Å². The second kappa shape index (κ2) is 20.0. The third kappa shape index (κ3) is 10.1. The number of ether oxygens (including phenoxy) is 4. The lowest BCUT2D eigenvalue weighted by Crippen LogP contribution is -2.11. The standard InChI is InChI=1S/C46H56N12O4/c1-7-9-17-49-43-53-41(47)55-45(57-43)51-35-23-31-19-27-13-11-15-29(37(27)59-3)21-33-25-36(52-46-56-42(48)54-44(58-46)50-18-10-8-2)26-34(40(33)62-6)22-30-16-12-14-28(38(30)60-4)20-32(24-35)39(31)61-5/h11-16,23-26H,7-10,17-22H2,1-6H3,(H4,47,49,51,53,55,57)(H4,48,50,52,54,56,58). The van der Waals surface area contributed by atoms with Crippen LogP contribution in [0.3, 0.4) is 0 Å². The van der Waals surface area contributed by atoms with E-state index in [2.05, 4.69) is 126 Å². The zero-order valence-electron chi connectivity index (χ0n) is 36.3. The first-order valence-electron chi connectivity index (χ1n) is 21.0. The van der Waals surface area contributed by atoms with Gasteiger partial charge in [-0.15, -0.1) is 0 Å². The molecular weight excluding hydrogens is 785 g/mol. The quantitative estimate of drug-likeness (QED) is 0.0511. The molecule has 6 aromatic rings. The molecule has 7 rings (SSSR count). The van der Waals surface area contributed by atoms with Crippen LogP contribution in [0.4, 0.5) is 47.1 Å². The summed E-state index contributed by atoms with van der Waals surface area (Å²) >= 11 is 0. The fraction of sp³-hybridized carbons (Fsp3) is 0.348. The maximum absolute atomic E-state index is 6.25. The molecule has 4 aromatic carbocycles. The molecule has 1 aliphatic carbocycles. The van der Waals surface area contributed by atoms with Gasteiger partial charge in [-0.05, 0) is 59.4 Å².